The molecule has 1 nitrogen and oxygen atoms in total. The molecular weight excluding hydrogens is 274 g/mol. The van der Waals surface area contributed by atoms with Gasteiger partial charge in [0.2, 0.25) is 0 Å². The lowest BCUT2D eigenvalue weighted by atomic mass is 9.88. The molecule has 1 N–H and O–H groups in total. The van der Waals surface area contributed by atoms with Crippen LogP contribution in [0.5, 0.6) is 0 Å². The molecule has 1 unspecified atom stereocenters. The maximum absolute atomic E-state index is 6.19. The van der Waals surface area contributed by atoms with Crippen LogP contribution in [0.4, 0.5) is 0 Å². The quantitative estimate of drug-likeness (QED) is 0.821. The number of halogens is 1. The number of thioether (sulfide) groups is 1. The summed E-state index contributed by atoms with van der Waals surface area (Å²) in [6, 6.07) is 8.80. The first-order valence-electron chi connectivity index (χ1n) is 7.33. The summed E-state index contributed by atoms with van der Waals surface area (Å²) in [5.41, 5.74) is 1.91. The van der Waals surface area contributed by atoms with E-state index in [1.165, 1.54) is 42.6 Å². The summed E-state index contributed by atoms with van der Waals surface area (Å²) in [6.45, 7) is 2.21. The van der Waals surface area contributed by atoms with Crippen LogP contribution in [0, 0.1) is 5.41 Å². The molecule has 1 aromatic rings. The second-order valence-electron chi connectivity index (χ2n) is 6.02. The minimum Gasteiger partial charge on any atom is -0.315 e. The number of alkyl halides is 1. The number of hydrogen-bond acceptors (Lipinski definition) is 2. The van der Waals surface area contributed by atoms with Crippen LogP contribution in [0.15, 0.2) is 29.2 Å². The molecule has 0 bridgehead atoms. The van der Waals surface area contributed by atoms with E-state index in [1.807, 2.05) is 11.8 Å². The summed E-state index contributed by atoms with van der Waals surface area (Å²) < 4.78 is 0. The molecule has 3 heteroatoms. The molecule has 1 aliphatic heterocycles. The highest BCUT2D eigenvalue weighted by atomic mass is 35.5. The minimum absolute atomic E-state index is 0.387. The molecule has 0 amide bonds. The van der Waals surface area contributed by atoms with E-state index in [1.54, 1.807) is 0 Å². The van der Waals surface area contributed by atoms with Gasteiger partial charge in [-0.15, -0.1) is 23.4 Å². The van der Waals surface area contributed by atoms with Gasteiger partial charge in [0, 0.05) is 29.1 Å². The first-order chi connectivity index (χ1) is 9.31. The Morgan fingerprint density at radius 1 is 1.26 bits per heavy atom. The zero-order chi connectivity index (χ0) is 13.1. The Morgan fingerprint density at radius 2 is 2.05 bits per heavy atom. The first kappa shape index (κ1) is 13.8. The summed E-state index contributed by atoms with van der Waals surface area (Å²) in [4.78, 5) is 1.47. The third-order valence-corrected chi connectivity index (χ3v) is 6.42. The molecule has 19 heavy (non-hydrogen) atoms. The van der Waals surface area contributed by atoms with Crippen LogP contribution in [0.3, 0.4) is 0 Å². The molecule has 1 aromatic carbocycles. The molecule has 2 aliphatic rings. The van der Waals surface area contributed by atoms with Crippen LogP contribution in [0.1, 0.15) is 31.2 Å². The lowest BCUT2D eigenvalue weighted by Gasteiger charge is -2.27. The van der Waals surface area contributed by atoms with Crippen LogP contribution in [-0.4, -0.2) is 24.2 Å². The fourth-order valence-electron chi connectivity index (χ4n) is 3.35. The zero-order valence-corrected chi connectivity index (χ0v) is 12.9. The normalized spacial score (nSPS) is 24.6. The zero-order valence-electron chi connectivity index (χ0n) is 11.3. The summed E-state index contributed by atoms with van der Waals surface area (Å²) >= 11 is 8.22. The van der Waals surface area contributed by atoms with Gasteiger partial charge in [-0.2, -0.15) is 0 Å². The highest BCUT2D eigenvalue weighted by Gasteiger charge is 2.33. The van der Waals surface area contributed by atoms with E-state index in [-0.39, 0.29) is 0 Å². The molecule has 0 saturated heterocycles. The predicted octanol–water partition coefficient (Wildman–Crippen LogP) is 4.09. The Kier molecular flexibility index (Phi) is 4.40. The number of rotatable bonds is 5. The lowest BCUT2D eigenvalue weighted by Crippen LogP contribution is -2.36. The third kappa shape index (κ3) is 3.12. The van der Waals surface area contributed by atoms with Crippen LogP contribution in [0.25, 0.3) is 0 Å². The van der Waals surface area contributed by atoms with E-state index in [4.69, 9.17) is 11.6 Å². The Morgan fingerprint density at radius 3 is 2.79 bits per heavy atom. The van der Waals surface area contributed by atoms with Gasteiger partial charge in [-0.1, -0.05) is 31.0 Å². The van der Waals surface area contributed by atoms with Crippen molar-refractivity contribution in [3.05, 3.63) is 29.8 Å². The van der Waals surface area contributed by atoms with E-state index in [0.717, 1.165) is 19.0 Å². The summed E-state index contributed by atoms with van der Waals surface area (Å²) in [7, 11) is 0. The van der Waals surface area contributed by atoms with Gasteiger partial charge in [-0.05, 0) is 36.3 Å². The largest absolute Gasteiger partial charge is 0.315 e. The van der Waals surface area contributed by atoms with Crippen LogP contribution in [0.2, 0.25) is 0 Å². The maximum Gasteiger partial charge on any atom is 0.0292 e. The van der Waals surface area contributed by atoms with Gasteiger partial charge in [0.1, 0.15) is 0 Å². The second kappa shape index (κ2) is 6.07. The predicted molar refractivity (Wildman–Crippen MR) is 84.3 cm³/mol. The number of hydrogen-bond donors (Lipinski definition) is 1. The Labute approximate surface area is 125 Å². The number of benzene rings is 1. The topological polar surface area (TPSA) is 12.0 Å². The molecule has 0 radical (unpaired) electrons. The van der Waals surface area contributed by atoms with E-state index < -0.39 is 0 Å². The Balaban J connectivity index is 1.47. The highest BCUT2D eigenvalue weighted by molar-refractivity contribution is 8.00. The summed E-state index contributed by atoms with van der Waals surface area (Å²) in [5, 5.41) is 4.39. The molecule has 3 rings (SSSR count). The molecule has 0 aromatic heterocycles. The van der Waals surface area contributed by atoms with E-state index in [2.05, 4.69) is 29.6 Å². The fourth-order valence-corrected chi connectivity index (χ4v) is 4.99. The molecule has 0 spiro atoms. The smallest absolute Gasteiger partial charge is 0.0292 e. The van der Waals surface area contributed by atoms with Crippen molar-refractivity contribution < 1.29 is 0 Å². The van der Waals surface area contributed by atoms with Gasteiger partial charge in [0.15, 0.2) is 0 Å². The van der Waals surface area contributed by atoms with Gasteiger partial charge in [-0.3, -0.25) is 0 Å². The highest BCUT2D eigenvalue weighted by Crippen LogP contribution is 2.39. The maximum atomic E-state index is 6.19. The molecular formula is C16H22ClNS. The van der Waals surface area contributed by atoms with Crippen LogP contribution < -0.4 is 5.32 Å². The molecule has 1 aliphatic carbocycles. The fraction of sp³-hybridized carbons (Fsp3) is 0.625. The Hall–Kier alpha value is -0.180. The molecule has 104 valence electrons. The van der Waals surface area contributed by atoms with E-state index in [9.17, 15) is 0 Å². The molecule has 1 saturated carbocycles. The Bertz CT molecular complexity index is 404. The average Bonchev–Trinajstić information content (AvgIpc) is 3.05. The first-order valence-corrected chi connectivity index (χ1v) is 8.74. The monoisotopic (exact) mass is 295 g/mol. The average molecular weight is 296 g/mol. The summed E-state index contributed by atoms with van der Waals surface area (Å²) in [5.74, 6) is 0.817. The molecule has 1 fully saturated rings. The van der Waals surface area contributed by atoms with Crippen molar-refractivity contribution >= 4 is 23.4 Å². The third-order valence-electron chi connectivity index (χ3n) is 4.53. The van der Waals surface area contributed by atoms with Crippen molar-refractivity contribution in [2.45, 2.75) is 42.2 Å². The molecule has 1 heterocycles. The minimum atomic E-state index is 0.387. The van der Waals surface area contributed by atoms with Gasteiger partial charge < -0.3 is 5.32 Å². The SMILES string of the molecule is ClCC1(CNCC2Cc3ccccc3S2)CCCC1. The second-order valence-corrected chi connectivity index (χ2v) is 7.63. The van der Waals surface area contributed by atoms with Gasteiger partial charge in [-0.25, -0.2) is 0 Å². The standard InChI is InChI=1S/C16H22ClNS/c17-11-16(7-3-4-8-16)12-18-10-14-9-13-5-1-2-6-15(13)19-14/h1-2,5-6,14,18H,3-4,7-12H2. The number of nitrogens with one attached hydrogen (secondary N) is 1. The lowest BCUT2D eigenvalue weighted by molar-refractivity contribution is 0.322. The van der Waals surface area contributed by atoms with Gasteiger partial charge in [0.25, 0.3) is 0 Å². The summed E-state index contributed by atoms with van der Waals surface area (Å²) in [6.07, 6.45) is 6.54. The van der Waals surface area contributed by atoms with Crippen molar-refractivity contribution in [2.75, 3.05) is 19.0 Å². The van der Waals surface area contributed by atoms with Gasteiger partial charge in [0.05, 0.1) is 0 Å². The van der Waals surface area contributed by atoms with Crippen molar-refractivity contribution in [1.82, 2.24) is 5.32 Å². The van der Waals surface area contributed by atoms with E-state index >= 15 is 0 Å². The van der Waals surface area contributed by atoms with Crippen LogP contribution >= 0.6 is 23.4 Å². The van der Waals surface area contributed by atoms with Crippen molar-refractivity contribution in [3.63, 3.8) is 0 Å². The number of fused-ring (bicyclic) bond motifs is 1. The van der Waals surface area contributed by atoms with Gasteiger partial charge >= 0.3 is 0 Å². The van der Waals surface area contributed by atoms with Crippen molar-refractivity contribution in [3.8, 4) is 0 Å². The van der Waals surface area contributed by atoms with E-state index in [0.29, 0.717) is 10.7 Å². The molecule has 1 atom stereocenters. The van der Waals surface area contributed by atoms with Crippen molar-refractivity contribution in [1.29, 1.82) is 0 Å². The van der Waals surface area contributed by atoms with Crippen molar-refractivity contribution in [2.24, 2.45) is 5.41 Å². The van der Waals surface area contributed by atoms with Crippen LogP contribution in [-0.2, 0) is 6.42 Å².